The number of hydrogen-bond acceptors (Lipinski definition) is 2. The van der Waals surface area contributed by atoms with Gasteiger partial charge in [0.15, 0.2) is 6.33 Å². The van der Waals surface area contributed by atoms with Gasteiger partial charge in [0.05, 0.1) is 10.9 Å². The number of nitrogens with zero attached hydrogens (tertiary/aromatic N) is 1. The normalized spacial score (nSPS) is 10.4. The Morgan fingerprint density at radius 2 is 2.33 bits per heavy atom. The maximum atomic E-state index is 11.1. The molecule has 0 aliphatic carbocycles. The number of fused-ring (bicyclic) bond motifs is 1. The average Bonchev–Trinajstić information content (AvgIpc) is 2.04. The Labute approximate surface area is 73.0 Å². The van der Waals surface area contributed by atoms with Crippen molar-refractivity contribution in [2.24, 2.45) is 0 Å². The van der Waals surface area contributed by atoms with Crippen molar-refractivity contribution in [3.05, 3.63) is 39.9 Å². The summed E-state index contributed by atoms with van der Waals surface area (Å²) in [5.74, 6) is 0. The first-order valence-electron chi connectivity index (χ1n) is 3.33. The number of aromatic nitrogens is 2. The first kappa shape index (κ1) is 7.31. The smallest absolute Gasteiger partial charge is 0.281 e. The highest BCUT2D eigenvalue weighted by Gasteiger charge is 1.98. The lowest BCUT2D eigenvalue weighted by molar-refractivity contribution is 1.15. The van der Waals surface area contributed by atoms with Crippen LogP contribution in [0.5, 0.6) is 0 Å². The van der Waals surface area contributed by atoms with Crippen LogP contribution in [0.4, 0.5) is 0 Å². The molecule has 2 rings (SSSR count). The molecule has 0 saturated carbocycles. The molecule has 0 aliphatic rings. The number of benzene rings is 1. The molecule has 3 nitrogen and oxygen atoms in total. The van der Waals surface area contributed by atoms with Crippen molar-refractivity contribution in [3.63, 3.8) is 0 Å². The summed E-state index contributed by atoms with van der Waals surface area (Å²) >= 11 is 5.71. The molecule has 0 saturated heterocycles. The summed E-state index contributed by atoms with van der Waals surface area (Å²) in [6.07, 6.45) is 2.38. The van der Waals surface area contributed by atoms with Crippen LogP contribution < -0.4 is 5.56 Å². The third kappa shape index (κ3) is 1.08. The van der Waals surface area contributed by atoms with E-state index in [4.69, 9.17) is 11.6 Å². The van der Waals surface area contributed by atoms with Gasteiger partial charge in [0.1, 0.15) is 0 Å². The van der Waals surface area contributed by atoms with Gasteiger partial charge in [-0.1, -0.05) is 11.6 Å². The second-order valence-electron chi connectivity index (χ2n) is 2.34. The largest absolute Gasteiger partial charge is 0.336 e. The maximum absolute atomic E-state index is 11.1. The highest BCUT2D eigenvalue weighted by Crippen LogP contribution is 2.13. The fourth-order valence-electron chi connectivity index (χ4n) is 1.01. The molecule has 12 heavy (non-hydrogen) atoms. The van der Waals surface area contributed by atoms with Crippen molar-refractivity contribution in [1.82, 2.24) is 9.97 Å². The SMILES string of the molecule is O=c1n[c][nH]c2cc(Cl)ccc12. The number of nitrogens with one attached hydrogen (secondary N) is 1. The molecule has 0 fully saturated rings. The van der Waals surface area contributed by atoms with Gasteiger partial charge in [-0.3, -0.25) is 4.79 Å². The van der Waals surface area contributed by atoms with E-state index in [2.05, 4.69) is 16.3 Å². The number of aromatic amines is 1. The minimum absolute atomic E-state index is 0.291. The molecule has 0 bridgehead atoms. The van der Waals surface area contributed by atoms with Gasteiger partial charge in [-0.05, 0) is 18.2 Å². The molecule has 1 N–H and O–H groups in total. The summed E-state index contributed by atoms with van der Waals surface area (Å²) < 4.78 is 0. The number of H-pyrrole nitrogens is 1. The Kier molecular flexibility index (Phi) is 1.59. The first-order valence-corrected chi connectivity index (χ1v) is 3.71. The Morgan fingerprint density at radius 3 is 3.17 bits per heavy atom. The lowest BCUT2D eigenvalue weighted by Crippen LogP contribution is -2.05. The minimum Gasteiger partial charge on any atom is -0.336 e. The summed E-state index contributed by atoms with van der Waals surface area (Å²) in [5.41, 5.74) is 0.364. The molecule has 1 radical (unpaired) electrons. The molecule has 0 aliphatic heterocycles. The van der Waals surface area contributed by atoms with Gasteiger partial charge in [0, 0.05) is 5.02 Å². The third-order valence-corrected chi connectivity index (χ3v) is 1.80. The highest BCUT2D eigenvalue weighted by molar-refractivity contribution is 6.31. The molecular formula is C8H4ClN2O. The number of hydrogen-bond donors (Lipinski definition) is 1. The van der Waals surface area contributed by atoms with Crippen LogP contribution >= 0.6 is 11.6 Å². The molecular weight excluding hydrogens is 176 g/mol. The van der Waals surface area contributed by atoms with Crippen LogP contribution in [0.3, 0.4) is 0 Å². The van der Waals surface area contributed by atoms with Crippen LogP contribution in [0.25, 0.3) is 10.9 Å². The first-order chi connectivity index (χ1) is 5.77. The fraction of sp³-hybridized carbons (Fsp3) is 0. The minimum atomic E-state index is -0.291. The van der Waals surface area contributed by atoms with Gasteiger partial charge in [-0.25, -0.2) is 0 Å². The lowest BCUT2D eigenvalue weighted by Gasteiger charge is -1.94. The van der Waals surface area contributed by atoms with Crippen molar-refractivity contribution in [3.8, 4) is 0 Å². The van der Waals surface area contributed by atoms with Crippen molar-refractivity contribution >= 4 is 22.5 Å². The number of rotatable bonds is 0. The van der Waals surface area contributed by atoms with Crippen LogP contribution in [0.2, 0.25) is 5.02 Å². The topological polar surface area (TPSA) is 45.8 Å². The monoisotopic (exact) mass is 179 g/mol. The average molecular weight is 180 g/mol. The van der Waals surface area contributed by atoms with Gasteiger partial charge in [0.2, 0.25) is 0 Å². The van der Waals surface area contributed by atoms with Crippen LogP contribution in [0, 0.1) is 6.33 Å². The molecule has 4 heteroatoms. The molecule has 0 unspecified atom stereocenters. The van der Waals surface area contributed by atoms with Crippen LogP contribution in [-0.4, -0.2) is 9.97 Å². The quantitative estimate of drug-likeness (QED) is 0.664. The zero-order valence-electron chi connectivity index (χ0n) is 5.97. The van der Waals surface area contributed by atoms with Crippen molar-refractivity contribution in [2.75, 3.05) is 0 Å². The van der Waals surface area contributed by atoms with E-state index in [9.17, 15) is 4.79 Å². The van der Waals surface area contributed by atoms with Crippen molar-refractivity contribution in [2.45, 2.75) is 0 Å². The summed E-state index contributed by atoms with van der Waals surface area (Å²) in [6, 6.07) is 4.95. The van der Waals surface area contributed by atoms with Gasteiger partial charge in [-0.2, -0.15) is 4.98 Å². The Morgan fingerprint density at radius 1 is 1.50 bits per heavy atom. The highest BCUT2D eigenvalue weighted by atomic mass is 35.5. The molecule has 1 heterocycles. The van der Waals surface area contributed by atoms with Crippen molar-refractivity contribution in [1.29, 1.82) is 0 Å². The summed E-state index contributed by atoms with van der Waals surface area (Å²) in [5, 5.41) is 1.11. The van der Waals surface area contributed by atoms with Gasteiger partial charge >= 0.3 is 0 Å². The fourth-order valence-corrected chi connectivity index (χ4v) is 1.18. The predicted octanol–water partition coefficient (Wildman–Crippen LogP) is 1.38. The molecule has 1 aromatic carbocycles. The Balaban J connectivity index is 2.96. The van der Waals surface area contributed by atoms with Gasteiger partial charge in [-0.15, -0.1) is 0 Å². The lowest BCUT2D eigenvalue weighted by atomic mass is 10.2. The van der Waals surface area contributed by atoms with E-state index in [0.29, 0.717) is 15.9 Å². The zero-order chi connectivity index (χ0) is 8.55. The van der Waals surface area contributed by atoms with Gasteiger partial charge < -0.3 is 4.98 Å². The van der Waals surface area contributed by atoms with Crippen LogP contribution in [0.15, 0.2) is 23.0 Å². The zero-order valence-corrected chi connectivity index (χ0v) is 6.72. The second kappa shape index (κ2) is 2.60. The van der Waals surface area contributed by atoms with Crippen molar-refractivity contribution < 1.29 is 0 Å². The van der Waals surface area contributed by atoms with Crippen LogP contribution in [-0.2, 0) is 0 Å². The standard InChI is InChI=1S/C8H4ClN2O/c9-5-1-2-6-7(3-5)10-4-11-8(6)12/h1-3H,(H,10,11,12). The van der Waals surface area contributed by atoms with E-state index in [-0.39, 0.29) is 5.56 Å². The summed E-state index contributed by atoms with van der Waals surface area (Å²) in [7, 11) is 0. The molecule has 0 amide bonds. The van der Waals surface area contributed by atoms with E-state index in [1.807, 2.05) is 0 Å². The summed E-state index contributed by atoms with van der Waals surface area (Å²) in [6.45, 7) is 0. The van der Waals surface area contributed by atoms with Gasteiger partial charge in [0.25, 0.3) is 5.56 Å². The molecule has 0 spiro atoms. The Bertz CT molecular complexity index is 478. The maximum Gasteiger partial charge on any atom is 0.281 e. The van der Waals surface area contributed by atoms with E-state index < -0.39 is 0 Å². The Hall–Kier alpha value is -1.35. The second-order valence-corrected chi connectivity index (χ2v) is 2.78. The number of halogens is 1. The molecule has 2 aromatic rings. The molecule has 59 valence electrons. The molecule has 1 aromatic heterocycles. The van der Waals surface area contributed by atoms with E-state index >= 15 is 0 Å². The van der Waals surface area contributed by atoms with E-state index in [0.717, 1.165) is 0 Å². The third-order valence-electron chi connectivity index (χ3n) is 1.56. The van der Waals surface area contributed by atoms with Crippen LogP contribution in [0.1, 0.15) is 0 Å². The predicted molar refractivity (Wildman–Crippen MR) is 46.2 cm³/mol. The van der Waals surface area contributed by atoms with E-state index in [1.165, 1.54) is 0 Å². The molecule has 0 atom stereocenters. The van der Waals surface area contributed by atoms with E-state index in [1.54, 1.807) is 18.2 Å². The summed E-state index contributed by atoms with van der Waals surface area (Å²) in [4.78, 5) is 17.3.